The maximum atomic E-state index is 11.8. The number of aromatic amines is 1. The third kappa shape index (κ3) is 5.64. The topological polar surface area (TPSA) is 115 Å². The molecule has 9 heteroatoms. The number of esters is 1. The first kappa shape index (κ1) is 21.4. The van der Waals surface area contributed by atoms with Crippen LogP contribution in [0.5, 0.6) is 5.75 Å². The Bertz CT molecular complexity index is 1020. The number of nitrogens with two attached hydrogens (primary N) is 1. The Hall–Kier alpha value is -3.26. The molecule has 8 nitrogen and oxygen atoms in total. The third-order valence-corrected chi connectivity index (χ3v) is 4.26. The van der Waals surface area contributed by atoms with E-state index in [4.69, 9.17) is 26.8 Å². The van der Waals surface area contributed by atoms with E-state index in [2.05, 4.69) is 20.5 Å². The van der Waals surface area contributed by atoms with E-state index in [1.54, 1.807) is 18.2 Å². The van der Waals surface area contributed by atoms with Crippen LogP contribution in [0.25, 0.3) is 11.1 Å². The summed E-state index contributed by atoms with van der Waals surface area (Å²) in [5.74, 6) is 0.744. The molecule has 0 unspecified atom stereocenters. The van der Waals surface area contributed by atoms with E-state index >= 15 is 0 Å². The number of hydrogen-bond donors (Lipinski definition) is 3. The second kappa shape index (κ2) is 8.62. The van der Waals surface area contributed by atoms with Crippen molar-refractivity contribution in [1.29, 1.82) is 0 Å². The van der Waals surface area contributed by atoms with Gasteiger partial charge in [-0.15, -0.1) is 5.10 Å². The van der Waals surface area contributed by atoms with Crippen molar-refractivity contribution in [2.75, 3.05) is 17.7 Å². The highest BCUT2D eigenvalue weighted by molar-refractivity contribution is 6.33. The first-order valence-electron chi connectivity index (χ1n) is 9.31. The van der Waals surface area contributed by atoms with Gasteiger partial charge < -0.3 is 20.5 Å². The first-order valence-corrected chi connectivity index (χ1v) is 9.68. The van der Waals surface area contributed by atoms with Crippen LogP contribution in [0.1, 0.15) is 26.3 Å². The van der Waals surface area contributed by atoms with Crippen LogP contribution in [-0.4, -0.2) is 33.4 Å². The Balaban J connectivity index is 1.70. The fourth-order valence-electron chi connectivity index (χ4n) is 2.87. The van der Waals surface area contributed by atoms with Crippen LogP contribution in [-0.2, 0) is 9.53 Å². The van der Waals surface area contributed by atoms with Gasteiger partial charge in [-0.3, -0.25) is 0 Å². The van der Waals surface area contributed by atoms with Crippen molar-refractivity contribution in [3.8, 4) is 16.9 Å². The van der Waals surface area contributed by atoms with Gasteiger partial charge in [0.15, 0.2) is 6.61 Å². The second-order valence-corrected chi connectivity index (χ2v) is 8.13. The van der Waals surface area contributed by atoms with Gasteiger partial charge in [-0.2, -0.15) is 4.98 Å². The summed E-state index contributed by atoms with van der Waals surface area (Å²) in [4.78, 5) is 15.8. The third-order valence-electron chi connectivity index (χ3n) is 3.97. The number of nitrogen functional groups attached to an aromatic ring is 1. The maximum absolute atomic E-state index is 11.8. The van der Waals surface area contributed by atoms with Crippen molar-refractivity contribution in [1.82, 2.24) is 15.2 Å². The highest BCUT2D eigenvalue weighted by Gasteiger charge is 2.17. The molecule has 0 aliphatic rings. The number of H-pyrrole nitrogens is 1. The van der Waals surface area contributed by atoms with Crippen molar-refractivity contribution >= 4 is 35.2 Å². The summed E-state index contributed by atoms with van der Waals surface area (Å²) in [6.07, 6.45) is 0. The summed E-state index contributed by atoms with van der Waals surface area (Å²) in [6.45, 7) is 7.25. The molecule has 1 aromatic heterocycles. The van der Waals surface area contributed by atoms with Crippen molar-refractivity contribution in [3.05, 3.63) is 47.0 Å². The van der Waals surface area contributed by atoms with Gasteiger partial charge in [0.25, 0.3) is 0 Å². The summed E-state index contributed by atoms with van der Waals surface area (Å²) < 4.78 is 10.7. The standard InChI is InChI=1S/C21H24ClN5O3/c1-12-9-14(24-20-25-19(23)26-27-20)10-16(22)18(12)13-5-7-15(8-6-13)29-11-17(28)30-21(2,3)4/h5-10H,11H2,1-4H3,(H4,23,24,25,26,27). The average Bonchev–Trinajstić information content (AvgIpc) is 3.04. The number of aryl methyl sites for hydroxylation is 1. The van der Waals surface area contributed by atoms with E-state index in [1.165, 1.54) is 0 Å². The molecule has 0 saturated carbocycles. The Morgan fingerprint density at radius 2 is 1.93 bits per heavy atom. The average molecular weight is 430 g/mol. The number of nitrogens with zero attached hydrogens (tertiary/aromatic N) is 2. The van der Waals surface area contributed by atoms with Crippen LogP contribution in [0.3, 0.4) is 0 Å². The molecule has 0 atom stereocenters. The number of aromatic nitrogens is 3. The van der Waals surface area contributed by atoms with E-state index in [-0.39, 0.29) is 12.6 Å². The highest BCUT2D eigenvalue weighted by atomic mass is 35.5. The largest absolute Gasteiger partial charge is 0.482 e. The van der Waals surface area contributed by atoms with Gasteiger partial charge in [-0.25, -0.2) is 9.89 Å². The molecule has 0 bridgehead atoms. The van der Waals surface area contributed by atoms with E-state index in [0.29, 0.717) is 16.7 Å². The lowest BCUT2D eigenvalue weighted by atomic mass is 9.99. The molecule has 158 valence electrons. The zero-order valence-electron chi connectivity index (χ0n) is 17.2. The molecule has 0 amide bonds. The minimum absolute atomic E-state index is 0.150. The normalized spacial score (nSPS) is 11.2. The summed E-state index contributed by atoms with van der Waals surface area (Å²) in [5, 5.41) is 10.1. The molecule has 0 saturated heterocycles. The summed E-state index contributed by atoms with van der Waals surface area (Å²) in [6, 6.07) is 11.1. The van der Waals surface area contributed by atoms with Gasteiger partial charge in [0.1, 0.15) is 11.4 Å². The van der Waals surface area contributed by atoms with Crippen LogP contribution >= 0.6 is 11.6 Å². The van der Waals surface area contributed by atoms with Gasteiger partial charge in [-0.05, 0) is 63.1 Å². The first-order chi connectivity index (χ1) is 14.1. The van der Waals surface area contributed by atoms with Crippen LogP contribution in [0.15, 0.2) is 36.4 Å². The Morgan fingerprint density at radius 1 is 1.23 bits per heavy atom. The number of carbonyl (C=O) groups excluding carboxylic acids is 1. The van der Waals surface area contributed by atoms with Gasteiger partial charge >= 0.3 is 5.97 Å². The maximum Gasteiger partial charge on any atom is 0.344 e. The van der Waals surface area contributed by atoms with Crippen LogP contribution in [0.4, 0.5) is 17.6 Å². The minimum Gasteiger partial charge on any atom is -0.482 e. The van der Waals surface area contributed by atoms with Crippen LogP contribution in [0.2, 0.25) is 5.02 Å². The number of carbonyl (C=O) groups is 1. The van der Waals surface area contributed by atoms with E-state index in [9.17, 15) is 4.79 Å². The van der Waals surface area contributed by atoms with Gasteiger partial charge in [-0.1, -0.05) is 23.7 Å². The van der Waals surface area contributed by atoms with Gasteiger partial charge in [0.05, 0.1) is 5.02 Å². The van der Waals surface area contributed by atoms with Crippen molar-refractivity contribution in [2.24, 2.45) is 0 Å². The molecule has 3 rings (SSSR count). The molecular formula is C21H24ClN5O3. The summed E-state index contributed by atoms with van der Waals surface area (Å²) >= 11 is 6.54. The van der Waals surface area contributed by atoms with Crippen LogP contribution in [0, 0.1) is 6.92 Å². The fraction of sp³-hybridized carbons (Fsp3) is 0.286. The highest BCUT2D eigenvalue weighted by Crippen LogP contribution is 2.35. The number of benzene rings is 2. The van der Waals surface area contributed by atoms with Crippen LogP contribution < -0.4 is 15.8 Å². The number of hydrogen-bond acceptors (Lipinski definition) is 7. The Kier molecular flexibility index (Phi) is 6.17. The van der Waals surface area contributed by atoms with Gasteiger partial charge in [0.2, 0.25) is 11.9 Å². The number of halogens is 1. The second-order valence-electron chi connectivity index (χ2n) is 7.72. The molecule has 0 fully saturated rings. The Labute approximate surface area is 179 Å². The number of anilines is 3. The van der Waals surface area contributed by atoms with Crippen molar-refractivity contribution in [3.63, 3.8) is 0 Å². The zero-order chi connectivity index (χ0) is 21.9. The number of rotatable bonds is 6. The quantitative estimate of drug-likeness (QED) is 0.494. The zero-order valence-corrected chi connectivity index (χ0v) is 18.0. The van der Waals surface area contributed by atoms with E-state index in [0.717, 1.165) is 22.4 Å². The monoisotopic (exact) mass is 429 g/mol. The lowest BCUT2D eigenvalue weighted by Gasteiger charge is -2.19. The van der Waals surface area contributed by atoms with Crippen molar-refractivity contribution in [2.45, 2.75) is 33.3 Å². The molecular weight excluding hydrogens is 406 g/mol. The number of nitrogens with one attached hydrogen (secondary N) is 2. The molecule has 0 aliphatic heterocycles. The lowest BCUT2D eigenvalue weighted by Crippen LogP contribution is -2.27. The molecule has 3 aromatic rings. The predicted molar refractivity (Wildman–Crippen MR) is 117 cm³/mol. The molecule has 4 N–H and O–H groups in total. The Morgan fingerprint density at radius 3 is 2.50 bits per heavy atom. The molecule has 2 aromatic carbocycles. The minimum atomic E-state index is -0.542. The van der Waals surface area contributed by atoms with Crippen molar-refractivity contribution < 1.29 is 14.3 Å². The van der Waals surface area contributed by atoms with E-state index in [1.807, 2.05) is 45.9 Å². The fourth-order valence-corrected chi connectivity index (χ4v) is 3.25. The molecule has 0 aliphatic carbocycles. The summed E-state index contributed by atoms with van der Waals surface area (Å²) in [5.41, 5.74) is 8.54. The molecule has 0 radical (unpaired) electrons. The summed E-state index contributed by atoms with van der Waals surface area (Å²) in [7, 11) is 0. The lowest BCUT2D eigenvalue weighted by molar-refractivity contribution is -0.157. The predicted octanol–water partition coefficient (Wildman–Crippen LogP) is 4.48. The number of ether oxygens (including phenoxy) is 2. The molecule has 1 heterocycles. The molecule has 30 heavy (non-hydrogen) atoms. The molecule has 0 spiro atoms. The van der Waals surface area contributed by atoms with Gasteiger partial charge in [0, 0.05) is 11.3 Å². The SMILES string of the molecule is Cc1cc(Nc2n[nH]c(N)n2)cc(Cl)c1-c1ccc(OCC(=O)OC(C)(C)C)cc1. The van der Waals surface area contributed by atoms with E-state index < -0.39 is 11.6 Å². The smallest absolute Gasteiger partial charge is 0.344 e.